The van der Waals surface area contributed by atoms with Crippen LogP contribution in [0, 0.1) is 0 Å². The number of nitrogens with one attached hydrogen (secondary N) is 3. The molecule has 0 spiro atoms. The second-order valence-electron chi connectivity index (χ2n) is 6.34. The lowest BCUT2D eigenvalue weighted by molar-refractivity contribution is -0.137. The fraction of sp³-hybridized carbons (Fsp3) is 0.200. The number of rotatable bonds is 4. The number of benzene rings is 2. The Morgan fingerprint density at radius 1 is 1.14 bits per heavy atom. The zero-order valence-electron chi connectivity index (χ0n) is 15.6. The summed E-state index contributed by atoms with van der Waals surface area (Å²) in [6.07, 6.45) is -4.63. The minimum absolute atomic E-state index is 0.0924. The van der Waals surface area contributed by atoms with Crippen molar-refractivity contribution in [2.24, 2.45) is 0 Å². The minimum Gasteiger partial charge on any atom is -0.497 e. The van der Waals surface area contributed by atoms with Gasteiger partial charge in [0.25, 0.3) is 5.91 Å². The number of alkyl halides is 3. The summed E-state index contributed by atoms with van der Waals surface area (Å²) in [6.45, 7) is 1.51. The molecule has 0 saturated carbocycles. The van der Waals surface area contributed by atoms with Gasteiger partial charge in [-0.3, -0.25) is 4.79 Å². The van der Waals surface area contributed by atoms with Crippen LogP contribution in [-0.2, 0) is 11.0 Å². The molecule has 0 bridgehead atoms. The van der Waals surface area contributed by atoms with Crippen molar-refractivity contribution >= 4 is 17.6 Å². The van der Waals surface area contributed by atoms with Crippen molar-refractivity contribution in [3.8, 4) is 5.75 Å². The van der Waals surface area contributed by atoms with Gasteiger partial charge < -0.3 is 20.7 Å². The molecule has 0 aliphatic carbocycles. The summed E-state index contributed by atoms with van der Waals surface area (Å²) in [5, 5.41) is 7.43. The Morgan fingerprint density at radius 3 is 2.55 bits per heavy atom. The summed E-state index contributed by atoms with van der Waals surface area (Å²) >= 11 is 0. The molecule has 1 heterocycles. The van der Waals surface area contributed by atoms with Crippen LogP contribution in [0.25, 0.3) is 0 Å². The van der Waals surface area contributed by atoms with Crippen molar-refractivity contribution in [2.45, 2.75) is 19.1 Å². The summed E-state index contributed by atoms with van der Waals surface area (Å²) in [4.78, 5) is 24.9. The van der Waals surface area contributed by atoms with E-state index in [9.17, 15) is 22.8 Å². The van der Waals surface area contributed by atoms with Crippen LogP contribution in [0.15, 0.2) is 59.8 Å². The number of para-hydroxylation sites is 1. The van der Waals surface area contributed by atoms with Gasteiger partial charge in [-0.2, -0.15) is 13.2 Å². The molecule has 0 saturated heterocycles. The van der Waals surface area contributed by atoms with Crippen LogP contribution in [0.2, 0.25) is 0 Å². The van der Waals surface area contributed by atoms with E-state index in [0.29, 0.717) is 11.3 Å². The maximum Gasteiger partial charge on any atom is 0.418 e. The van der Waals surface area contributed by atoms with Crippen molar-refractivity contribution in [3.05, 3.63) is 70.9 Å². The maximum absolute atomic E-state index is 13.2. The van der Waals surface area contributed by atoms with E-state index in [0.717, 1.165) is 6.07 Å². The molecule has 2 aromatic carbocycles. The van der Waals surface area contributed by atoms with Gasteiger partial charge in [0.15, 0.2) is 0 Å². The minimum atomic E-state index is -4.63. The highest BCUT2D eigenvalue weighted by molar-refractivity contribution is 6.07. The second-order valence-corrected chi connectivity index (χ2v) is 6.34. The molecule has 1 atom stereocenters. The average molecular weight is 405 g/mol. The molecule has 152 valence electrons. The Kier molecular flexibility index (Phi) is 5.49. The SMILES string of the molecule is COc1cccc(C2NC(=O)NC(C)=C2C(=O)Nc2ccccc2C(F)(F)F)c1. The molecular weight excluding hydrogens is 387 g/mol. The Labute approximate surface area is 164 Å². The number of methoxy groups -OCH3 is 1. The average Bonchev–Trinajstić information content (AvgIpc) is 2.67. The van der Waals surface area contributed by atoms with E-state index in [2.05, 4.69) is 16.0 Å². The van der Waals surface area contributed by atoms with E-state index in [4.69, 9.17) is 4.74 Å². The molecule has 3 N–H and O–H groups in total. The van der Waals surface area contributed by atoms with Crippen LogP contribution < -0.4 is 20.7 Å². The fourth-order valence-corrected chi connectivity index (χ4v) is 3.09. The van der Waals surface area contributed by atoms with Gasteiger partial charge >= 0.3 is 12.2 Å². The van der Waals surface area contributed by atoms with Gasteiger partial charge in [-0.1, -0.05) is 24.3 Å². The standard InChI is InChI=1S/C20H18F3N3O3/c1-11-16(18(27)25-15-9-4-3-8-14(15)20(21,22)23)17(26-19(28)24-11)12-6-5-7-13(10-12)29-2/h3-10,17H,1-2H3,(H,25,27)(H2,24,26,28). The van der Waals surface area contributed by atoms with E-state index in [-0.39, 0.29) is 17.0 Å². The third kappa shape index (κ3) is 4.34. The zero-order chi connectivity index (χ0) is 21.2. The molecule has 1 aliphatic rings. The lowest BCUT2D eigenvalue weighted by atomic mass is 9.94. The molecule has 0 fully saturated rings. The smallest absolute Gasteiger partial charge is 0.418 e. The first-order valence-corrected chi connectivity index (χ1v) is 8.60. The van der Waals surface area contributed by atoms with Crippen molar-refractivity contribution in [2.75, 3.05) is 12.4 Å². The molecule has 2 aromatic rings. The number of halogens is 3. The number of hydrogen-bond acceptors (Lipinski definition) is 3. The molecule has 3 amide bonds. The van der Waals surface area contributed by atoms with E-state index < -0.39 is 29.7 Å². The Balaban J connectivity index is 1.99. The van der Waals surface area contributed by atoms with Crippen molar-refractivity contribution in [1.82, 2.24) is 10.6 Å². The molecule has 3 rings (SSSR count). The lowest BCUT2D eigenvalue weighted by Crippen LogP contribution is -2.46. The number of hydrogen-bond donors (Lipinski definition) is 3. The third-order valence-electron chi connectivity index (χ3n) is 4.42. The van der Waals surface area contributed by atoms with E-state index in [1.165, 1.54) is 32.2 Å². The molecule has 9 heteroatoms. The van der Waals surface area contributed by atoms with E-state index in [1.807, 2.05) is 0 Å². The monoisotopic (exact) mass is 405 g/mol. The van der Waals surface area contributed by atoms with Crippen molar-refractivity contribution < 1.29 is 27.5 Å². The first-order valence-electron chi connectivity index (χ1n) is 8.60. The molecular formula is C20H18F3N3O3. The van der Waals surface area contributed by atoms with Crippen LogP contribution in [0.4, 0.5) is 23.7 Å². The zero-order valence-corrected chi connectivity index (χ0v) is 15.6. The van der Waals surface area contributed by atoms with Crippen LogP contribution >= 0.6 is 0 Å². The molecule has 0 aromatic heterocycles. The summed E-state index contributed by atoms with van der Waals surface area (Å²) in [6, 6.07) is 10.0. The molecule has 1 unspecified atom stereocenters. The quantitative estimate of drug-likeness (QED) is 0.720. The van der Waals surface area contributed by atoms with Gasteiger partial charge in [0, 0.05) is 5.70 Å². The summed E-state index contributed by atoms with van der Waals surface area (Å²) in [5.74, 6) is -0.255. The number of urea groups is 1. The predicted octanol–water partition coefficient (Wildman–Crippen LogP) is 3.98. The van der Waals surface area contributed by atoms with Gasteiger partial charge in [0.2, 0.25) is 0 Å². The lowest BCUT2D eigenvalue weighted by Gasteiger charge is -2.29. The van der Waals surface area contributed by atoms with Crippen molar-refractivity contribution in [1.29, 1.82) is 0 Å². The van der Waals surface area contributed by atoms with E-state index >= 15 is 0 Å². The number of carbonyl (C=O) groups excluding carboxylic acids is 2. The maximum atomic E-state index is 13.2. The Morgan fingerprint density at radius 2 is 1.86 bits per heavy atom. The van der Waals surface area contributed by atoms with Crippen LogP contribution in [0.3, 0.4) is 0 Å². The molecule has 0 radical (unpaired) electrons. The first-order chi connectivity index (χ1) is 13.7. The molecule has 6 nitrogen and oxygen atoms in total. The molecule has 1 aliphatic heterocycles. The summed E-state index contributed by atoms with van der Waals surface area (Å²) < 4.78 is 44.9. The van der Waals surface area contributed by atoms with Crippen LogP contribution in [-0.4, -0.2) is 19.0 Å². The van der Waals surface area contributed by atoms with E-state index in [1.54, 1.807) is 24.3 Å². The highest BCUT2D eigenvalue weighted by Gasteiger charge is 2.35. The normalized spacial score (nSPS) is 16.7. The third-order valence-corrected chi connectivity index (χ3v) is 4.42. The second kappa shape index (κ2) is 7.86. The van der Waals surface area contributed by atoms with Gasteiger partial charge in [-0.25, -0.2) is 4.79 Å². The van der Waals surface area contributed by atoms with Crippen LogP contribution in [0.5, 0.6) is 5.75 Å². The topological polar surface area (TPSA) is 79.5 Å². The predicted molar refractivity (Wildman–Crippen MR) is 100 cm³/mol. The van der Waals surface area contributed by atoms with Crippen LogP contribution in [0.1, 0.15) is 24.1 Å². The number of anilines is 1. The highest BCUT2D eigenvalue weighted by Crippen LogP contribution is 2.36. The largest absolute Gasteiger partial charge is 0.497 e. The Hall–Kier alpha value is -3.49. The van der Waals surface area contributed by atoms with Gasteiger partial charge in [0.1, 0.15) is 5.75 Å². The van der Waals surface area contributed by atoms with Gasteiger partial charge in [-0.05, 0) is 36.8 Å². The van der Waals surface area contributed by atoms with Gasteiger partial charge in [-0.15, -0.1) is 0 Å². The van der Waals surface area contributed by atoms with Gasteiger partial charge in [0.05, 0.1) is 30.0 Å². The number of amides is 3. The highest BCUT2D eigenvalue weighted by atomic mass is 19.4. The fourth-order valence-electron chi connectivity index (χ4n) is 3.09. The number of allylic oxidation sites excluding steroid dienone is 1. The first kappa shape index (κ1) is 20.2. The van der Waals surface area contributed by atoms with Crippen molar-refractivity contribution in [3.63, 3.8) is 0 Å². The number of ether oxygens (including phenoxy) is 1. The Bertz CT molecular complexity index is 986. The molecule has 29 heavy (non-hydrogen) atoms. The summed E-state index contributed by atoms with van der Waals surface area (Å²) in [7, 11) is 1.48. The summed E-state index contributed by atoms with van der Waals surface area (Å²) in [5.41, 5.74) is -0.449. The number of carbonyl (C=O) groups is 2.